The fourth-order valence-corrected chi connectivity index (χ4v) is 2.61. The van der Waals surface area contributed by atoms with E-state index < -0.39 is 0 Å². The number of ketones is 1. The molecule has 0 aliphatic heterocycles. The van der Waals surface area contributed by atoms with Gasteiger partial charge in [0.15, 0.2) is 0 Å². The van der Waals surface area contributed by atoms with Gasteiger partial charge in [-0.15, -0.1) is 0 Å². The molecule has 0 saturated heterocycles. The summed E-state index contributed by atoms with van der Waals surface area (Å²) in [7, 11) is 0. The van der Waals surface area contributed by atoms with Gasteiger partial charge in [-0.1, -0.05) is 12.1 Å². The third kappa shape index (κ3) is 1.09. The second kappa shape index (κ2) is 3.12. The third-order valence-corrected chi connectivity index (χ3v) is 3.39. The first-order valence-electron chi connectivity index (χ1n) is 5.45. The Kier molecular flexibility index (Phi) is 1.83. The van der Waals surface area contributed by atoms with Crippen LogP contribution in [0.25, 0.3) is 16.3 Å². The van der Waals surface area contributed by atoms with Gasteiger partial charge < -0.3 is 5.53 Å². The minimum Gasteiger partial charge on any atom is -0.361 e. The molecule has 0 unspecified atom stereocenters. The van der Waals surface area contributed by atoms with E-state index in [4.69, 9.17) is 5.53 Å². The van der Waals surface area contributed by atoms with Crippen LogP contribution in [0.3, 0.4) is 0 Å². The number of rotatable bonds is 0. The van der Waals surface area contributed by atoms with Crippen molar-refractivity contribution in [3.05, 3.63) is 52.1 Å². The summed E-state index contributed by atoms with van der Waals surface area (Å²) in [6.07, 6.45) is 0. The van der Waals surface area contributed by atoms with E-state index in [1.54, 1.807) is 6.07 Å². The van der Waals surface area contributed by atoms with Gasteiger partial charge in [-0.25, -0.2) is 0 Å². The molecule has 0 amide bonds. The maximum absolute atomic E-state index is 12.0. The van der Waals surface area contributed by atoms with Gasteiger partial charge >= 0.3 is 5.71 Å². The molecule has 82 valence electrons. The van der Waals surface area contributed by atoms with E-state index in [1.165, 1.54) is 0 Å². The van der Waals surface area contributed by atoms with Gasteiger partial charge in [-0.2, -0.15) is 4.79 Å². The Labute approximate surface area is 98.3 Å². The highest BCUT2D eigenvalue weighted by atomic mass is 16.1. The molecule has 2 aromatic rings. The maximum atomic E-state index is 12.0. The maximum Gasteiger partial charge on any atom is 0.370 e. The number of nitrogens with zero attached hydrogens (tertiary/aromatic N) is 2. The van der Waals surface area contributed by atoms with Crippen LogP contribution in [0.1, 0.15) is 27.0 Å². The zero-order valence-corrected chi connectivity index (χ0v) is 9.61. The van der Waals surface area contributed by atoms with E-state index in [1.807, 2.05) is 32.0 Å². The van der Waals surface area contributed by atoms with Gasteiger partial charge in [0.2, 0.25) is 0 Å². The average molecular weight is 222 g/mol. The Hall–Kier alpha value is -2.25. The van der Waals surface area contributed by atoms with Crippen LogP contribution in [-0.2, 0) is 0 Å². The second-order valence-electron chi connectivity index (χ2n) is 4.39. The van der Waals surface area contributed by atoms with Crippen molar-refractivity contribution in [3.8, 4) is 0 Å². The van der Waals surface area contributed by atoms with Gasteiger partial charge in [0.1, 0.15) is 0 Å². The van der Waals surface area contributed by atoms with E-state index in [-0.39, 0.29) is 11.5 Å². The number of Topliss-reactive ketones (excluding diaryl/α,β-unsaturated/α-hetero) is 1. The molecule has 3 heteroatoms. The van der Waals surface area contributed by atoms with Crippen LogP contribution in [-0.4, -0.2) is 16.3 Å². The smallest absolute Gasteiger partial charge is 0.361 e. The summed E-state index contributed by atoms with van der Waals surface area (Å²) in [6, 6.07) is 7.55. The summed E-state index contributed by atoms with van der Waals surface area (Å²) in [4.78, 5) is 15.2. The van der Waals surface area contributed by atoms with Crippen molar-refractivity contribution in [3.63, 3.8) is 0 Å². The molecule has 3 nitrogen and oxygen atoms in total. The van der Waals surface area contributed by atoms with Crippen molar-refractivity contribution in [1.29, 1.82) is 0 Å². The molecule has 0 radical (unpaired) electrons. The van der Waals surface area contributed by atoms with Gasteiger partial charge in [0, 0.05) is 10.9 Å². The Balaban J connectivity index is 2.65. The van der Waals surface area contributed by atoms with Crippen LogP contribution >= 0.6 is 0 Å². The lowest BCUT2D eigenvalue weighted by molar-refractivity contribution is -0.00452. The quantitative estimate of drug-likeness (QED) is 0.499. The normalized spacial score (nSPS) is 13.3. The Morgan fingerprint density at radius 3 is 2.12 bits per heavy atom. The summed E-state index contributed by atoms with van der Waals surface area (Å²) < 4.78 is 0. The molecule has 0 atom stereocenters. The molecule has 0 aromatic heterocycles. The SMILES string of the molecule is Cc1ccc2c3c(ccc(C)c13)C(=[N+]=[N-])C2=O. The molecule has 0 heterocycles. The number of benzene rings is 2. The molecular formula is C14H10N2O. The van der Waals surface area contributed by atoms with E-state index >= 15 is 0 Å². The zero-order valence-electron chi connectivity index (χ0n) is 9.61. The van der Waals surface area contributed by atoms with Crippen LogP contribution in [0.15, 0.2) is 24.3 Å². The number of carbonyl (C=O) groups is 1. The van der Waals surface area contributed by atoms with Crippen molar-refractivity contribution < 1.29 is 9.58 Å². The highest BCUT2D eigenvalue weighted by molar-refractivity contribution is 6.57. The van der Waals surface area contributed by atoms with Crippen LogP contribution in [0, 0.1) is 13.8 Å². The lowest BCUT2D eigenvalue weighted by atomic mass is 9.97. The van der Waals surface area contributed by atoms with Crippen molar-refractivity contribution in [2.45, 2.75) is 13.8 Å². The number of hydrogen-bond donors (Lipinski definition) is 0. The highest BCUT2D eigenvalue weighted by Gasteiger charge is 2.36. The van der Waals surface area contributed by atoms with Crippen molar-refractivity contribution >= 4 is 22.3 Å². The minimum absolute atomic E-state index is 0.149. The summed E-state index contributed by atoms with van der Waals surface area (Å²) in [5, 5.41) is 2.01. The predicted octanol–water partition coefficient (Wildman–Crippen LogP) is 2.67. The van der Waals surface area contributed by atoms with Crippen LogP contribution in [0.5, 0.6) is 0 Å². The fourth-order valence-electron chi connectivity index (χ4n) is 2.61. The number of aryl methyl sites for hydroxylation is 2. The molecule has 0 spiro atoms. The van der Waals surface area contributed by atoms with Crippen LogP contribution in [0.4, 0.5) is 0 Å². The molecule has 2 aromatic carbocycles. The van der Waals surface area contributed by atoms with Crippen molar-refractivity contribution in [2.75, 3.05) is 0 Å². The third-order valence-electron chi connectivity index (χ3n) is 3.39. The van der Waals surface area contributed by atoms with Crippen LogP contribution in [0.2, 0.25) is 0 Å². The first kappa shape index (κ1) is 9.94. The van der Waals surface area contributed by atoms with Gasteiger partial charge in [-0.3, -0.25) is 4.79 Å². The summed E-state index contributed by atoms with van der Waals surface area (Å²) in [5.74, 6) is -0.196. The highest BCUT2D eigenvalue weighted by Crippen LogP contribution is 2.34. The monoisotopic (exact) mass is 222 g/mol. The van der Waals surface area contributed by atoms with Crippen molar-refractivity contribution in [2.24, 2.45) is 0 Å². The zero-order chi connectivity index (χ0) is 12.2. The molecular weight excluding hydrogens is 212 g/mol. The standard InChI is InChI=1S/C14H10N2O/c1-7-3-5-9-12-10(14(17)13(9)16-15)6-4-8(2)11(7)12/h3-6H,1-2H3. The summed E-state index contributed by atoms with van der Waals surface area (Å²) >= 11 is 0. The van der Waals surface area contributed by atoms with Gasteiger partial charge in [0.25, 0.3) is 5.78 Å². The van der Waals surface area contributed by atoms with Gasteiger partial charge in [-0.05, 0) is 42.5 Å². The molecule has 0 bridgehead atoms. The van der Waals surface area contributed by atoms with Crippen LogP contribution < -0.4 is 0 Å². The van der Waals surface area contributed by atoms with E-state index in [2.05, 4.69) is 4.79 Å². The average Bonchev–Trinajstić information content (AvgIpc) is 2.59. The lowest BCUT2D eigenvalue weighted by Gasteiger charge is -2.06. The molecule has 0 fully saturated rings. The van der Waals surface area contributed by atoms with Crippen molar-refractivity contribution in [1.82, 2.24) is 0 Å². The number of hydrogen-bond acceptors (Lipinski definition) is 1. The first-order chi connectivity index (χ1) is 8.15. The summed E-state index contributed by atoms with van der Waals surface area (Å²) in [5.41, 5.74) is 12.8. The van der Waals surface area contributed by atoms with E-state index in [0.29, 0.717) is 5.56 Å². The Morgan fingerprint density at radius 2 is 1.53 bits per heavy atom. The van der Waals surface area contributed by atoms with Gasteiger partial charge in [0.05, 0.1) is 5.56 Å². The Morgan fingerprint density at radius 1 is 0.941 bits per heavy atom. The molecule has 17 heavy (non-hydrogen) atoms. The topological polar surface area (TPSA) is 53.5 Å². The fraction of sp³-hybridized carbons (Fsp3) is 0.143. The molecule has 1 aliphatic rings. The van der Waals surface area contributed by atoms with E-state index in [9.17, 15) is 4.79 Å². The molecule has 1 aliphatic carbocycles. The lowest BCUT2D eigenvalue weighted by Crippen LogP contribution is -2.09. The molecule has 3 rings (SSSR count). The number of carbonyl (C=O) groups excluding carboxylic acids is 1. The second-order valence-corrected chi connectivity index (χ2v) is 4.39. The largest absolute Gasteiger partial charge is 0.370 e. The first-order valence-corrected chi connectivity index (χ1v) is 5.45. The Bertz CT molecular complexity index is 729. The minimum atomic E-state index is -0.196. The van der Waals surface area contributed by atoms with E-state index in [0.717, 1.165) is 27.5 Å². The summed E-state index contributed by atoms with van der Waals surface area (Å²) in [6.45, 7) is 4.04. The molecule has 0 N–H and O–H groups in total. The molecule has 0 saturated carbocycles. The predicted molar refractivity (Wildman–Crippen MR) is 65.5 cm³/mol.